The predicted octanol–water partition coefficient (Wildman–Crippen LogP) is 5.66. The van der Waals surface area contributed by atoms with E-state index in [0.29, 0.717) is 22.0 Å². The fraction of sp³-hybridized carbons (Fsp3) is 0.120. The zero-order valence-corrected chi connectivity index (χ0v) is 17.7. The Morgan fingerprint density at radius 3 is 2.20 bits per heavy atom. The van der Waals surface area contributed by atoms with E-state index in [1.807, 2.05) is 57.2 Å². The maximum atomic E-state index is 13.5. The summed E-state index contributed by atoms with van der Waals surface area (Å²) in [5.74, 6) is -0.739. The van der Waals surface area contributed by atoms with Crippen LogP contribution in [0.3, 0.4) is 0 Å². The molecule has 150 valence electrons. The molecule has 1 aliphatic rings. The van der Waals surface area contributed by atoms with E-state index in [-0.39, 0.29) is 11.6 Å². The summed E-state index contributed by atoms with van der Waals surface area (Å²) in [6.07, 6.45) is 0. The highest BCUT2D eigenvalue weighted by Crippen LogP contribution is 2.35. The number of rotatable bonds is 4. The van der Waals surface area contributed by atoms with Crippen LogP contribution < -0.4 is 10.2 Å². The fourth-order valence-electron chi connectivity index (χ4n) is 3.62. The number of benzene rings is 3. The van der Waals surface area contributed by atoms with Crippen LogP contribution in [0.1, 0.15) is 22.3 Å². The lowest BCUT2D eigenvalue weighted by Crippen LogP contribution is -2.32. The van der Waals surface area contributed by atoms with E-state index < -0.39 is 5.91 Å². The first-order valence-corrected chi connectivity index (χ1v) is 10.0. The molecule has 30 heavy (non-hydrogen) atoms. The second-order valence-electron chi connectivity index (χ2n) is 7.44. The number of carbonyl (C=O) groups is 2. The molecule has 0 unspecified atom stereocenters. The van der Waals surface area contributed by atoms with Crippen LogP contribution in [-0.2, 0) is 9.59 Å². The molecular formula is C25H21ClN2O2. The van der Waals surface area contributed by atoms with Crippen LogP contribution >= 0.6 is 11.6 Å². The van der Waals surface area contributed by atoms with E-state index in [1.165, 1.54) is 4.90 Å². The highest BCUT2D eigenvalue weighted by Gasteiger charge is 2.40. The Morgan fingerprint density at radius 1 is 0.800 bits per heavy atom. The van der Waals surface area contributed by atoms with Crippen molar-refractivity contribution in [3.63, 3.8) is 0 Å². The zero-order chi connectivity index (χ0) is 21.4. The Hall–Kier alpha value is -3.37. The van der Waals surface area contributed by atoms with Crippen LogP contribution in [0.5, 0.6) is 0 Å². The molecule has 1 heterocycles. The molecule has 1 N–H and O–H groups in total. The quantitative estimate of drug-likeness (QED) is 0.558. The van der Waals surface area contributed by atoms with Gasteiger partial charge in [0.25, 0.3) is 11.8 Å². The van der Waals surface area contributed by atoms with Crippen LogP contribution in [0.2, 0.25) is 5.02 Å². The number of anilines is 2. The Morgan fingerprint density at radius 2 is 1.53 bits per heavy atom. The van der Waals surface area contributed by atoms with Gasteiger partial charge < -0.3 is 5.32 Å². The second kappa shape index (κ2) is 7.81. The molecule has 0 aliphatic carbocycles. The molecule has 0 spiro atoms. The molecule has 0 aromatic heterocycles. The van der Waals surface area contributed by atoms with Crippen LogP contribution in [0, 0.1) is 20.8 Å². The first-order chi connectivity index (χ1) is 14.4. The van der Waals surface area contributed by atoms with E-state index in [1.54, 1.807) is 30.3 Å². The Labute approximate surface area is 180 Å². The van der Waals surface area contributed by atoms with Gasteiger partial charge >= 0.3 is 0 Å². The number of halogens is 1. The van der Waals surface area contributed by atoms with E-state index in [9.17, 15) is 9.59 Å². The van der Waals surface area contributed by atoms with Gasteiger partial charge in [-0.1, -0.05) is 59.6 Å². The predicted molar refractivity (Wildman–Crippen MR) is 122 cm³/mol. The average Bonchev–Trinajstić information content (AvgIpc) is 2.95. The smallest absolute Gasteiger partial charge is 0.282 e. The van der Waals surface area contributed by atoms with Crippen LogP contribution in [0.4, 0.5) is 11.4 Å². The van der Waals surface area contributed by atoms with Crippen molar-refractivity contribution in [3.05, 3.63) is 99.7 Å². The highest BCUT2D eigenvalue weighted by molar-refractivity contribution is 6.46. The molecule has 0 saturated heterocycles. The minimum absolute atomic E-state index is 0.246. The molecule has 0 saturated carbocycles. The molecule has 0 radical (unpaired) electrons. The van der Waals surface area contributed by atoms with E-state index >= 15 is 0 Å². The number of nitrogens with one attached hydrogen (secondary N) is 1. The van der Waals surface area contributed by atoms with Crippen molar-refractivity contribution in [2.75, 3.05) is 10.2 Å². The van der Waals surface area contributed by atoms with E-state index in [0.717, 1.165) is 22.3 Å². The number of imide groups is 1. The monoisotopic (exact) mass is 416 g/mol. The fourth-order valence-corrected chi connectivity index (χ4v) is 3.80. The van der Waals surface area contributed by atoms with Gasteiger partial charge in [0.1, 0.15) is 5.70 Å². The summed E-state index contributed by atoms with van der Waals surface area (Å²) in [5.41, 5.74) is 5.49. The van der Waals surface area contributed by atoms with Crippen molar-refractivity contribution in [3.8, 4) is 0 Å². The number of amides is 2. The minimum Gasteiger partial charge on any atom is -0.350 e. The third-order valence-electron chi connectivity index (χ3n) is 5.19. The van der Waals surface area contributed by atoms with E-state index in [2.05, 4.69) is 5.32 Å². The number of nitrogens with zero attached hydrogens (tertiary/aromatic N) is 1. The molecule has 3 aromatic carbocycles. The summed E-state index contributed by atoms with van der Waals surface area (Å²) in [6, 6.07) is 20.3. The van der Waals surface area contributed by atoms with Crippen molar-refractivity contribution in [2.24, 2.45) is 0 Å². The summed E-state index contributed by atoms with van der Waals surface area (Å²) in [6.45, 7) is 5.85. The Bertz CT molecular complexity index is 1200. The zero-order valence-electron chi connectivity index (χ0n) is 17.0. The van der Waals surface area contributed by atoms with Gasteiger partial charge in [-0.05, 0) is 61.7 Å². The van der Waals surface area contributed by atoms with Gasteiger partial charge in [0.05, 0.1) is 11.3 Å². The van der Waals surface area contributed by atoms with Crippen LogP contribution in [-0.4, -0.2) is 11.8 Å². The normalized spacial score (nSPS) is 13.9. The standard InChI is InChI=1S/C25H21ClN2O2/c1-15-9-12-20(17(3)13-15)22-23(27-18-11-10-16(2)21(26)14-18)25(30)28(24(22)29)19-7-5-4-6-8-19/h4-14,27H,1-3H3. The molecular weight excluding hydrogens is 396 g/mol. The first kappa shape index (κ1) is 19.9. The van der Waals surface area contributed by atoms with Gasteiger partial charge in [-0.15, -0.1) is 0 Å². The lowest BCUT2D eigenvalue weighted by molar-refractivity contribution is -0.120. The molecule has 0 atom stereocenters. The lowest BCUT2D eigenvalue weighted by atomic mass is 9.97. The number of para-hydroxylation sites is 1. The van der Waals surface area contributed by atoms with Crippen molar-refractivity contribution < 1.29 is 9.59 Å². The van der Waals surface area contributed by atoms with Gasteiger partial charge in [0.2, 0.25) is 0 Å². The number of hydrogen-bond acceptors (Lipinski definition) is 3. The molecule has 4 rings (SSSR count). The average molecular weight is 417 g/mol. The third kappa shape index (κ3) is 3.51. The van der Waals surface area contributed by atoms with Crippen LogP contribution in [0.25, 0.3) is 5.57 Å². The van der Waals surface area contributed by atoms with Gasteiger partial charge in [-0.3, -0.25) is 9.59 Å². The largest absolute Gasteiger partial charge is 0.350 e. The van der Waals surface area contributed by atoms with Crippen molar-refractivity contribution in [1.82, 2.24) is 0 Å². The Balaban J connectivity index is 1.86. The topological polar surface area (TPSA) is 49.4 Å². The van der Waals surface area contributed by atoms with Gasteiger partial charge in [-0.2, -0.15) is 0 Å². The molecule has 2 amide bonds. The highest BCUT2D eigenvalue weighted by atomic mass is 35.5. The molecule has 0 bridgehead atoms. The summed E-state index contributed by atoms with van der Waals surface area (Å²) in [4.78, 5) is 28.1. The molecule has 5 heteroatoms. The third-order valence-corrected chi connectivity index (χ3v) is 5.60. The maximum absolute atomic E-state index is 13.5. The lowest BCUT2D eigenvalue weighted by Gasteiger charge is -2.15. The summed E-state index contributed by atoms with van der Waals surface area (Å²) in [7, 11) is 0. The second-order valence-corrected chi connectivity index (χ2v) is 7.85. The molecule has 4 nitrogen and oxygen atoms in total. The summed E-state index contributed by atoms with van der Waals surface area (Å²) < 4.78 is 0. The molecule has 1 aliphatic heterocycles. The SMILES string of the molecule is Cc1ccc(C2=C(Nc3ccc(C)c(Cl)c3)C(=O)N(c3ccccc3)C2=O)c(C)c1. The first-order valence-electron chi connectivity index (χ1n) is 9.65. The number of hydrogen-bond donors (Lipinski definition) is 1. The summed E-state index contributed by atoms with van der Waals surface area (Å²) in [5, 5.41) is 3.75. The van der Waals surface area contributed by atoms with E-state index in [4.69, 9.17) is 11.6 Å². The van der Waals surface area contributed by atoms with Crippen LogP contribution in [0.15, 0.2) is 72.4 Å². The summed E-state index contributed by atoms with van der Waals surface area (Å²) >= 11 is 6.27. The maximum Gasteiger partial charge on any atom is 0.282 e. The Kier molecular flexibility index (Phi) is 5.18. The van der Waals surface area contributed by atoms with Crippen molar-refractivity contribution in [2.45, 2.75) is 20.8 Å². The van der Waals surface area contributed by atoms with Crippen molar-refractivity contribution in [1.29, 1.82) is 0 Å². The molecule has 3 aromatic rings. The molecule has 0 fully saturated rings. The van der Waals surface area contributed by atoms with Crippen molar-refractivity contribution >= 4 is 40.4 Å². The minimum atomic E-state index is -0.391. The van der Waals surface area contributed by atoms with Gasteiger partial charge in [0, 0.05) is 10.7 Å². The van der Waals surface area contributed by atoms with Gasteiger partial charge in [0.15, 0.2) is 0 Å². The van der Waals surface area contributed by atoms with Gasteiger partial charge in [-0.25, -0.2) is 4.90 Å². The number of aryl methyl sites for hydroxylation is 3. The number of carbonyl (C=O) groups excluding carboxylic acids is 2.